The number of alkyl halides is 5. The second-order valence-electron chi connectivity index (χ2n) is 11.1. The molecule has 1 saturated heterocycles. The van der Waals surface area contributed by atoms with Crippen molar-refractivity contribution in [3.63, 3.8) is 0 Å². The van der Waals surface area contributed by atoms with Gasteiger partial charge in [-0.3, -0.25) is 9.69 Å². The van der Waals surface area contributed by atoms with Gasteiger partial charge >= 0.3 is 6.18 Å². The highest BCUT2D eigenvalue weighted by atomic mass is 19.4. The molecule has 3 aromatic rings. The molecule has 40 heavy (non-hydrogen) atoms. The average Bonchev–Trinajstić information content (AvgIpc) is 3.41. The van der Waals surface area contributed by atoms with Crippen LogP contribution in [0.25, 0.3) is 11.0 Å². The summed E-state index contributed by atoms with van der Waals surface area (Å²) in [6, 6.07) is 4.64. The van der Waals surface area contributed by atoms with E-state index in [4.69, 9.17) is 4.74 Å². The zero-order valence-electron chi connectivity index (χ0n) is 21.5. The zero-order valence-corrected chi connectivity index (χ0v) is 21.5. The Morgan fingerprint density at radius 2 is 1.93 bits per heavy atom. The lowest BCUT2D eigenvalue weighted by molar-refractivity contribution is -0.136. The Labute approximate surface area is 225 Å². The number of carbonyl (C=O) groups is 1. The van der Waals surface area contributed by atoms with Crippen molar-refractivity contribution in [2.24, 2.45) is 0 Å². The van der Waals surface area contributed by atoms with Crippen LogP contribution in [0.5, 0.6) is 5.75 Å². The maximum Gasteiger partial charge on any atom is 0.418 e. The van der Waals surface area contributed by atoms with Crippen LogP contribution in [-0.4, -0.2) is 67.7 Å². The van der Waals surface area contributed by atoms with Gasteiger partial charge in [0.05, 0.1) is 34.0 Å². The first-order valence-corrected chi connectivity index (χ1v) is 13.0. The van der Waals surface area contributed by atoms with Gasteiger partial charge in [-0.15, -0.1) is 5.10 Å². The van der Waals surface area contributed by atoms with E-state index in [0.717, 1.165) is 6.07 Å². The van der Waals surface area contributed by atoms with Gasteiger partial charge in [0.25, 0.3) is 6.43 Å². The molecule has 2 N–H and O–H groups in total. The van der Waals surface area contributed by atoms with Crippen molar-refractivity contribution in [3.8, 4) is 5.75 Å². The first kappa shape index (κ1) is 26.8. The molecule has 1 saturated carbocycles. The summed E-state index contributed by atoms with van der Waals surface area (Å²) in [6.45, 7) is 3.03. The molecule has 1 spiro atoms. The second-order valence-corrected chi connectivity index (χ2v) is 11.1. The predicted molar refractivity (Wildman–Crippen MR) is 132 cm³/mol. The summed E-state index contributed by atoms with van der Waals surface area (Å²) in [5.41, 5.74) is -2.49. The number of hydrogen-bond acceptors (Lipinski definition) is 7. The van der Waals surface area contributed by atoms with Gasteiger partial charge in [0.15, 0.2) is 0 Å². The number of anilines is 1. The Kier molecular flexibility index (Phi) is 6.26. The van der Waals surface area contributed by atoms with Crippen LogP contribution in [-0.2, 0) is 16.4 Å². The number of aliphatic hydroxyl groups is 1. The van der Waals surface area contributed by atoms with Crippen molar-refractivity contribution in [1.82, 2.24) is 24.9 Å². The SMILES string of the molecule is CC1(O)CC(n2nnc3cc(OCCN4CCC5(CC4)C(=O)Nc4ccc(C(F)F)nc45)cc(C(F)(F)F)c32)C1. The number of hydrogen-bond donors (Lipinski definition) is 2. The molecule has 0 unspecified atom stereocenters. The fraction of sp³-hybridized carbons (Fsp3) is 0.538. The average molecular weight is 567 g/mol. The van der Waals surface area contributed by atoms with Crippen molar-refractivity contribution >= 4 is 22.6 Å². The molecule has 1 aliphatic carbocycles. The van der Waals surface area contributed by atoms with Crippen LogP contribution in [0.3, 0.4) is 0 Å². The van der Waals surface area contributed by atoms with E-state index in [-0.39, 0.29) is 53.9 Å². The summed E-state index contributed by atoms with van der Waals surface area (Å²) in [5, 5.41) is 20.6. The van der Waals surface area contributed by atoms with Crippen LogP contribution in [0.1, 0.15) is 62.0 Å². The van der Waals surface area contributed by atoms with E-state index in [0.29, 0.717) is 43.9 Å². The van der Waals surface area contributed by atoms with E-state index < -0.39 is 29.2 Å². The number of carbonyl (C=O) groups excluding carboxylic acids is 1. The van der Waals surface area contributed by atoms with Gasteiger partial charge in [0.2, 0.25) is 5.91 Å². The number of pyridine rings is 1. The van der Waals surface area contributed by atoms with Gasteiger partial charge < -0.3 is 15.2 Å². The smallest absolute Gasteiger partial charge is 0.418 e. The molecule has 1 amide bonds. The van der Waals surface area contributed by atoms with E-state index >= 15 is 0 Å². The summed E-state index contributed by atoms with van der Waals surface area (Å²) < 4.78 is 75.4. The highest BCUT2D eigenvalue weighted by Gasteiger charge is 2.50. The summed E-state index contributed by atoms with van der Waals surface area (Å²) in [7, 11) is 0. The lowest BCUT2D eigenvalue weighted by Crippen LogP contribution is -2.47. The molecule has 0 atom stereocenters. The third kappa shape index (κ3) is 4.56. The second kappa shape index (κ2) is 9.33. The minimum absolute atomic E-state index is 0.00814. The number of likely N-dealkylation sites (tertiary alicyclic amines) is 1. The normalized spacial score (nSPS) is 24.4. The van der Waals surface area contributed by atoms with Crippen LogP contribution in [0.4, 0.5) is 27.6 Å². The van der Waals surface area contributed by atoms with Gasteiger partial charge in [-0.05, 0) is 63.9 Å². The number of amides is 1. The Bertz CT molecular complexity index is 1460. The van der Waals surface area contributed by atoms with Gasteiger partial charge in [0, 0.05) is 12.6 Å². The van der Waals surface area contributed by atoms with E-state index in [1.54, 1.807) is 6.92 Å². The first-order chi connectivity index (χ1) is 18.9. The van der Waals surface area contributed by atoms with Crippen molar-refractivity contribution in [1.29, 1.82) is 0 Å². The van der Waals surface area contributed by atoms with Crippen LogP contribution < -0.4 is 10.1 Å². The quantitative estimate of drug-likeness (QED) is 0.430. The maximum atomic E-state index is 14.0. The third-order valence-electron chi connectivity index (χ3n) is 8.21. The molecule has 2 fully saturated rings. The van der Waals surface area contributed by atoms with Crippen LogP contribution in [0.15, 0.2) is 24.3 Å². The third-order valence-corrected chi connectivity index (χ3v) is 8.21. The van der Waals surface area contributed by atoms with Gasteiger partial charge in [-0.1, -0.05) is 5.21 Å². The summed E-state index contributed by atoms with van der Waals surface area (Å²) in [6.07, 6.45) is -6.10. The summed E-state index contributed by atoms with van der Waals surface area (Å²) in [4.78, 5) is 18.9. The van der Waals surface area contributed by atoms with Crippen molar-refractivity contribution in [2.45, 2.75) is 62.3 Å². The predicted octanol–water partition coefficient (Wildman–Crippen LogP) is 4.23. The first-order valence-electron chi connectivity index (χ1n) is 13.0. The van der Waals surface area contributed by atoms with E-state index in [1.165, 1.54) is 22.9 Å². The Morgan fingerprint density at radius 1 is 1.20 bits per heavy atom. The van der Waals surface area contributed by atoms with Crippen LogP contribution in [0.2, 0.25) is 0 Å². The van der Waals surface area contributed by atoms with E-state index in [1.807, 2.05) is 4.90 Å². The highest BCUT2D eigenvalue weighted by Crippen LogP contribution is 2.46. The molecule has 6 rings (SSSR count). The molecular weight excluding hydrogens is 539 g/mol. The van der Waals surface area contributed by atoms with Crippen LogP contribution >= 0.6 is 0 Å². The largest absolute Gasteiger partial charge is 0.492 e. The minimum atomic E-state index is -4.67. The lowest BCUT2D eigenvalue weighted by Gasteiger charge is -2.40. The molecule has 2 aliphatic heterocycles. The topological polar surface area (TPSA) is 105 Å². The Morgan fingerprint density at radius 3 is 2.58 bits per heavy atom. The lowest BCUT2D eigenvalue weighted by atomic mass is 9.76. The fourth-order valence-electron chi connectivity index (χ4n) is 6.06. The number of piperidine rings is 1. The molecule has 14 heteroatoms. The number of nitrogens with zero attached hydrogens (tertiary/aromatic N) is 5. The van der Waals surface area contributed by atoms with Gasteiger partial charge in [0.1, 0.15) is 29.1 Å². The molecule has 0 radical (unpaired) electrons. The monoisotopic (exact) mass is 566 g/mol. The molecule has 2 aromatic heterocycles. The molecule has 4 heterocycles. The molecular formula is C26H27F5N6O3. The highest BCUT2D eigenvalue weighted by molar-refractivity contribution is 6.05. The van der Waals surface area contributed by atoms with E-state index in [2.05, 4.69) is 20.6 Å². The number of halogens is 5. The van der Waals surface area contributed by atoms with Crippen LogP contribution in [0, 0.1) is 0 Å². The summed E-state index contributed by atoms with van der Waals surface area (Å²) in [5.74, 6) is -0.252. The number of nitrogens with one attached hydrogen (secondary N) is 1. The molecule has 3 aliphatic rings. The standard InChI is InChI=1S/C26H27F5N6O3/c1-24(39)12-14(13-24)37-20-16(26(29,30)31)10-15(11-19(20)34-35-37)40-9-8-36-6-4-25(5-7-36)21-17(33-23(25)38)2-3-18(32-21)22(27)28/h2-3,10-11,14,22,39H,4-9,12-13H2,1H3,(H,33,38). The Hall–Kier alpha value is -3.39. The molecule has 1 aromatic carbocycles. The van der Waals surface area contributed by atoms with Gasteiger partial charge in [-0.2, -0.15) is 13.2 Å². The number of fused-ring (bicyclic) bond motifs is 3. The fourth-order valence-corrected chi connectivity index (χ4v) is 6.06. The van der Waals surface area contributed by atoms with Crippen molar-refractivity contribution in [3.05, 3.63) is 41.2 Å². The summed E-state index contributed by atoms with van der Waals surface area (Å²) >= 11 is 0. The number of ether oxygens (including phenoxy) is 1. The molecule has 0 bridgehead atoms. The minimum Gasteiger partial charge on any atom is -0.492 e. The zero-order chi connectivity index (χ0) is 28.4. The van der Waals surface area contributed by atoms with E-state index in [9.17, 15) is 31.9 Å². The van der Waals surface area contributed by atoms with Crippen molar-refractivity contribution in [2.75, 3.05) is 31.6 Å². The Balaban J connectivity index is 1.12. The number of rotatable bonds is 6. The molecule has 214 valence electrons. The van der Waals surface area contributed by atoms with Crippen molar-refractivity contribution < 1.29 is 36.6 Å². The maximum absolute atomic E-state index is 14.0. The molecule has 9 nitrogen and oxygen atoms in total. The number of aromatic nitrogens is 4. The van der Waals surface area contributed by atoms with Gasteiger partial charge in [-0.25, -0.2) is 18.4 Å². The number of benzene rings is 1.